The van der Waals surface area contributed by atoms with Gasteiger partial charge in [0.25, 0.3) is 5.91 Å². The Morgan fingerprint density at radius 3 is 2.29 bits per heavy atom. The SMILES string of the molecule is O=C(NCc1ccccc1)c1nc2ccccc2nc1Cl. The van der Waals surface area contributed by atoms with E-state index < -0.39 is 0 Å². The van der Waals surface area contributed by atoms with E-state index in [9.17, 15) is 4.79 Å². The molecule has 1 amide bonds. The summed E-state index contributed by atoms with van der Waals surface area (Å²) in [7, 11) is 0. The molecule has 0 unspecified atom stereocenters. The summed E-state index contributed by atoms with van der Waals surface area (Å²) in [5.41, 5.74) is 2.47. The van der Waals surface area contributed by atoms with Gasteiger partial charge in [0.1, 0.15) is 0 Å². The summed E-state index contributed by atoms with van der Waals surface area (Å²) in [5, 5.41) is 2.91. The predicted molar refractivity (Wildman–Crippen MR) is 82.2 cm³/mol. The number of hydrogen-bond acceptors (Lipinski definition) is 3. The third-order valence-electron chi connectivity index (χ3n) is 3.04. The van der Waals surface area contributed by atoms with Gasteiger partial charge in [0.05, 0.1) is 11.0 Å². The zero-order valence-corrected chi connectivity index (χ0v) is 11.8. The van der Waals surface area contributed by atoms with Crippen molar-refractivity contribution >= 4 is 28.5 Å². The fraction of sp³-hybridized carbons (Fsp3) is 0.0625. The number of nitrogens with one attached hydrogen (secondary N) is 1. The van der Waals surface area contributed by atoms with Gasteiger partial charge < -0.3 is 5.32 Å². The number of amides is 1. The molecule has 0 radical (unpaired) electrons. The summed E-state index contributed by atoms with van der Waals surface area (Å²) >= 11 is 6.05. The van der Waals surface area contributed by atoms with E-state index in [0.29, 0.717) is 17.6 Å². The minimum absolute atomic E-state index is 0.110. The van der Waals surface area contributed by atoms with Gasteiger partial charge in [0.2, 0.25) is 0 Å². The van der Waals surface area contributed by atoms with Crippen LogP contribution in [0.25, 0.3) is 11.0 Å². The van der Waals surface area contributed by atoms with Crippen molar-refractivity contribution in [3.63, 3.8) is 0 Å². The van der Waals surface area contributed by atoms with Crippen LogP contribution in [0.3, 0.4) is 0 Å². The Kier molecular flexibility index (Phi) is 3.79. The third-order valence-corrected chi connectivity index (χ3v) is 3.30. The molecule has 0 bridgehead atoms. The lowest BCUT2D eigenvalue weighted by atomic mass is 10.2. The molecule has 0 aliphatic heterocycles. The first kappa shape index (κ1) is 13.5. The molecule has 0 fully saturated rings. The minimum atomic E-state index is -0.331. The van der Waals surface area contributed by atoms with E-state index in [1.165, 1.54) is 0 Å². The number of hydrogen-bond donors (Lipinski definition) is 1. The number of carbonyl (C=O) groups excluding carboxylic acids is 1. The number of para-hydroxylation sites is 2. The molecule has 0 saturated heterocycles. The number of carbonyl (C=O) groups is 1. The van der Waals surface area contributed by atoms with E-state index in [1.807, 2.05) is 42.5 Å². The second kappa shape index (κ2) is 5.89. The zero-order valence-electron chi connectivity index (χ0n) is 11.1. The van der Waals surface area contributed by atoms with Crippen molar-refractivity contribution in [3.8, 4) is 0 Å². The molecule has 5 heteroatoms. The van der Waals surface area contributed by atoms with E-state index in [2.05, 4.69) is 15.3 Å². The van der Waals surface area contributed by atoms with Gasteiger partial charge in [-0.2, -0.15) is 0 Å². The molecule has 3 aromatic rings. The van der Waals surface area contributed by atoms with Crippen LogP contribution in [0, 0.1) is 0 Å². The Hall–Kier alpha value is -2.46. The number of benzene rings is 2. The molecule has 0 saturated carbocycles. The maximum absolute atomic E-state index is 12.2. The maximum Gasteiger partial charge on any atom is 0.273 e. The van der Waals surface area contributed by atoms with Gasteiger partial charge in [-0.15, -0.1) is 0 Å². The molecule has 0 aliphatic rings. The Morgan fingerprint density at radius 2 is 1.57 bits per heavy atom. The van der Waals surface area contributed by atoms with Gasteiger partial charge in [0, 0.05) is 6.54 Å². The van der Waals surface area contributed by atoms with Gasteiger partial charge >= 0.3 is 0 Å². The van der Waals surface area contributed by atoms with Crippen LogP contribution >= 0.6 is 11.6 Å². The van der Waals surface area contributed by atoms with Gasteiger partial charge in [-0.1, -0.05) is 54.1 Å². The van der Waals surface area contributed by atoms with Gasteiger partial charge in [0.15, 0.2) is 10.8 Å². The van der Waals surface area contributed by atoms with Crippen molar-refractivity contribution in [3.05, 3.63) is 71.0 Å². The highest BCUT2D eigenvalue weighted by Crippen LogP contribution is 2.16. The molecule has 21 heavy (non-hydrogen) atoms. The van der Waals surface area contributed by atoms with Crippen molar-refractivity contribution < 1.29 is 4.79 Å². The molecular weight excluding hydrogens is 286 g/mol. The maximum atomic E-state index is 12.2. The van der Waals surface area contributed by atoms with Crippen LogP contribution < -0.4 is 5.32 Å². The topological polar surface area (TPSA) is 54.9 Å². The molecule has 4 nitrogen and oxygen atoms in total. The molecule has 0 atom stereocenters. The lowest BCUT2D eigenvalue weighted by Crippen LogP contribution is -2.24. The number of fused-ring (bicyclic) bond motifs is 1. The van der Waals surface area contributed by atoms with E-state index in [0.717, 1.165) is 5.56 Å². The van der Waals surface area contributed by atoms with Gasteiger partial charge in [-0.05, 0) is 17.7 Å². The quantitative estimate of drug-likeness (QED) is 0.807. The molecular formula is C16H12ClN3O. The van der Waals surface area contributed by atoms with Crippen LogP contribution in [0.4, 0.5) is 0 Å². The molecule has 1 heterocycles. The molecule has 1 aromatic heterocycles. The monoisotopic (exact) mass is 297 g/mol. The Bertz CT molecular complexity index is 790. The minimum Gasteiger partial charge on any atom is -0.347 e. The fourth-order valence-corrected chi connectivity index (χ4v) is 2.20. The highest BCUT2D eigenvalue weighted by molar-refractivity contribution is 6.32. The van der Waals surface area contributed by atoms with Crippen molar-refractivity contribution in [2.75, 3.05) is 0 Å². The van der Waals surface area contributed by atoms with Crippen LogP contribution in [-0.4, -0.2) is 15.9 Å². The zero-order chi connectivity index (χ0) is 14.7. The molecule has 0 spiro atoms. The predicted octanol–water partition coefficient (Wildman–Crippen LogP) is 3.21. The second-order valence-corrected chi connectivity index (χ2v) is 4.88. The lowest BCUT2D eigenvalue weighted by Gasteiger charge is -2.07. The third kappa shape index (κ3) is 3.01. The largest absolute Gasteiger partial charge is 0.347 e. The first-order valence-electron chi connectivity index (χ1n) is 6.48. The van der Waals surface area contributed by atoms with Crippen LogP contribution in [0.2, 0.25) is 5.15 Å². The van der Waals surface area contributed by atoms with Crippen molar-refractivity contribution in [2.45, 2.75) is 6.54 Å². The standard InChI is InChI=1S/C16H12ClN3O/c17-15-14(19-12-8-4-5-9-13(12)20-15)16(21)18-10-11-6-2-1-3-7-11/h1-9H,10H2,(H,18,21). The summed E-state index contributed by atoms with van der Waals surface area (Å²) in [6.07, 6.45) is 0. The van der Waals surface area contributed by atoms with Crippen LogP contribution in [0.1, 0.15) is 16.1 Å². The van der Waals surface area contributed by atoms with Crippen molar-refractivity contribution in [1.82, 2.24) is 15.3 Å². The first-order chi connectivity index (χ1) is 10.2. The number of aromatic nitrogens is 2. The molecule has 3 rings (SSSR count). The fourth-order valence-electron chi connectivity index (χ4n) is 1.98. The van der Waals surface area contributed by atoms with Gasteiger partial charge in [-0.3, -0.25) is 4.79 Å². The number of nitrogens with zero attached hydrogens (tertiary/aromatic N) is 2. The molecule has 1 N–H and O–H groups in total. The normalized spacial score (nSPS) is 10.5. The lowest BCUT2D eigenvalue weighted by molar-refractivity contribution is 0.0946. The highest BCUT2D eigenvalue weighted by Gasteiger charge is 2.14. The summed E-state index contributed by atoms with van der Waals surface area (Å²) in [6.45, 7) is 0.421. The smallest absolute Gasteiger partial charge is 0.273 e. The van der Waals surface area contributed by atoms with Crippen LogP contribution in [0.5, 0.6) is 0 Å². The second-order valence-electron chi connectivity index (χ2n) is 4.52. The first-order valence-corrected chi connectivity index (χ1v) is 6.86. The van der Waals surface area contributed by atoms with E-state index >= 15 is 0 Å². The summed E-state index contributed by atoms with van der Waals surface area (Å²) in [5.74, 6) is -0.331. The summed E-state index contributed by atoms with van der Waals surface area (Å²) in [4.78, 5) is 20.7. The number of halogens is 1. The number of rotatable bonds is 3. The van der Waals surface area contributed by atoms with E-state index in [4.69, 9.17) is 11.6 Å². The van der Waals surface area contributed by atoms with E-state index in [-0.39, 0.29) is 16.8 Å². The Labute approximate surface area is 126 Å². The summed E-state index contributed by atoms with van der Waals surface area (Å²) in [6, 6.07) is 16.9. The van der Waals surface area contributed by atoms with Crippen molar-refractivity contribution in [1.29, 1.82) is 0 Å². The van der Waals surface area contributed by atoms with Crippen LogP contribution in [0.15, 0.2) is 54.6 Å². The van der Waals surface area contributed by atoms with Crippen LogP contribution in [-0.2, 0) is 6.54 Å². The van der Waals surface area contributed by atoms with Crippen molar-refractivity contribution in [2.24, 2.45) is 0 Å². The average molecular weight is 298 g/mol. The highest BCUT2D eigenvalue weighted by atomic mass is 35.5. The summed E-state index contributed by atoms with van der Waals surface area (Å²) < 4.78 is 0. The van der Waals surface area contributed by atoms with Gasteiger partial charge in [-0.25, -0.2) is 9.97 Å². The average Bonchev–Trinajstić information content (AvgIpc) is 2.53. The molecule has 0 aliphatic carbocycles. The Balaban J connectivity index is 1.82. The molecule has 104 valence electrons. The molecule has 2 aromatic carbocycles. The van der Waals surface area contributed by atoms with E-state index in [1.54, 1.807) is 12.1 Å². The Morgan fingerprint density at radius 1 is 0.952 bits per heavy atom.